The Labute approximate surface area is 405 Å². The Morgan fingerprint density at radius 3 is 1.12 bits per heavy atom. The molecule has 4 saturated carbocycles. The summed E-state index contributed by atoms with van der Waals surface area (Å²) in [6.45, 7) is 9.73. The van der Waals surface area contributed by atoms with Gasteiger partial charge in [-0.1, -0.05) is 130 Å². The average Bonchev–Trinajstić information content (AvgIpc) is 3.35. The van der Waals surface area contributed by atoms with Crippen molar-refractivity contribution in [2.75, 3.05) is 26.4 Å². The number of hydrogen-bond acceptors (Lipinski definition) is 3. The van der Waals surface area contributed by atoms with Gasteiger partial charge in [0.05, 0.1) is 26.4 Å². The van der Waals surface area contributed by atoms with Gasteiger partial charge < -0.3 is 14.2 Å². The fourth-order valence-corrected chi connectivity index (χ4v) is 12.8. The van der Waals surface area contributed by atoms with E-state index in [-0.39, 0.29) is 47.7 Å². The molecule has 7 heteroatoms. The molecule has 67 heavy (non-hydrogen) atoms. The third-order valence-electron chi connectivity index (χ3n) is 17.0. The minimum Gasteiger partial charge on any atom is -0.490 e. The molecule has 0 unspecified atom stereocenters. The molecule has 0 atom stereocenters. The van der Waals surface area contributed by atoms with Crippen molar-refractivity contribution in [3.8, 4) is 11.5 Å². The number of unbranched alkanes of at least 4 members (excludes halogenated alkanes) is 6. The van der Waals surface area contributed by atoms with Crippen LogP contribution in [0.1, 0.15) is 219 Å². The molecular formula is C60H90F4O3. The van der Waals surface area contributed by atoms with Gasteiger partial charge in [-0.3, -0.25) is 0 Å². The summed E-state index contributed by atoms with van der Waals surface area (Å²) in [6.07, 6.45) is 36.9. The molecule has 0 bridgehead atoms. The Kier molecular flexibility index (Phi) is 23.0. The highest BCUT2D eigenvalue weighted by molar-refractivity contribution is 5.70. The van der Waals surface area contributed by atoms with Crippen molar-refractivity contribution in [1.29, 1.82) is 0 Å². The van der Waals surface area contributed by atoms with Crippen molar-refractivity contribution in [1.82, 2.24) is 0 Å². The summed E-state index contributed by atoms with van der Waals surface area (Å²) in [6, 6.07) is 6.55. The van der Waals surface area contributed by atoms with Crippen molar-refractivity contribution in [3.05, 3.63) is 70.8 Å². The Morgan fingerprint density at radius 1 is 0.433 bits per heavy atom. The molecule has 0 heterocycles. The van der Waals surface area contributed by atoms with Gasteiger partial charge in [-0.2, -0.15) is 8.78 Å². The Morgan fingerprint density at radius 2 is 0.776 bits per heavy atom. The van der Waals surface area contributed by atoms with E-state index >= 15 is 17.6 Å². The highest BCUT2D eigenvalue weighted by atomic mass is 19.2. The van der Waals surface area contributed by atoms with Gasteiger partial charge in [0.15, 0.2) is 23.1 Å². The Bertz CT molecular complexity index is 1660. The first kappa shape index (κ1) is 53.5. The van der Waals surface area contributed by atoms with E-state index in [0.29, 0.717) is 25.0 Å². The second-order valence-corrected chi connectivity index (χ2v) is 21.5. The van der Waals surface area contributed by atoms with Crippen LogP contribution in [0.15, 0.2) is 36.4 Å². The number of halogens is 4. The summed E-state index contributed by atoms with van der Waals surface area (Å²) in [5.74, 6) is 1.22. The largest absolute Gasteiger partial charge is 0.490 e. The van der Waals surface area contributed by atoms with Crippen LogP contribution in [-0.2, 0) is 4.74 Å². The number of ether oxygens (including phenoxy) is 3. The second-order valence-electron chi connectivity index (χ2n) is 21.5. The molecule has 2 aromatic carbocycles. The first-order chi connectivity index (χ1) is 32.8. The van der Waals surface area contributed by atoms with Crippen LogP contribution in [0.3, 0.4) is 0 Å². The van der Waals surface area contributed by atoms with Crippen LogP contribution in [0.2, 0.25) is 0 Å². The first-order valence-electron chi connectivity index (χ1n) is 28.0. The molecule has 0 aromatic heterocycles. The normalized spacial score (nSPS) is 26.4. The summed E-state index contributed by atoms with van der Waals surface area (Å²) in [4.78, 5) is 0. The van der Waals surface area contributed by atoms with Crippen LogP contribution >= 0.6 is 0 Å². The van der Waals surface area contributed by atoms with E-state index in [0.717, 1.165) is 112 Å². The molecule has 376 valence electrons. The van der Waals surface area contributed by atoms with E-state index in [9.17, 15) is 0 Å². The maximum atomic E-state index is 16.2. The molecule has 4 aliphatic carbocycles. The van der Waals surface area contributed by atoms with Gasteiger partial charge >= 0.3 is 0 Å². The maximum absolute atomic E-state index is 16.2. The molecule has 3 nitrogen and oxygen atoms in total. The van der Waals surface area contributed by atoms with Crippen molar-refractivity contribution >= 4 is 11.1 Å². The number of rotatable bonds is 26. The van der Waals surface area contributed by atoms with E-state index in [4.69, 9.17) is 14.2 Å². The zero-order chi connectivity index (χ0) is 47.4. The highest BCUT2D eigenvalue weighted by Gasteiger charge is 2.35. The SMILES string of the molecule is CCCCC[C@H]1CC[C@H]([C@H]2CC[C@H](C(=CCOCC=C(c3ccc(OCCCC)c(F)c3F)[C@H]3CC[C@H]([C@H]4CC[C@H](CCCCC)CC4)CC3)c3ccc(OCCCC)c(F)c3F)CC2)CC1. The molecule has 0 spiro atoms. The van der Waals surface area contributed by atoms with Gasteiger partial charge in [-0.25, -0.2) is 8.78 Å². The standard InChI is InChI=1S/C60H90F4O3/c1-5-9-13-15-43-17-21-45(22-18-43)47-25-29-49(30-26-47)51(53-33-35-55(59(63)57(53)61)66-39-11-7-3)37-41-65-42-38-52(54-34-36-56(60(64)58(54)62)67-40-12-8-4)50-31-27-48(28-32-50)46-23-19-44(20-24-46)16-14-10-6-2/h33-38,43-50H,5-32,39-42H2,1-4H3/t43-,44-,45-,46-,47-,48-,49-,50-. The summed E-state index contributed by atoms with van der Waals surface area (Å²) in [5, 5.41) is 0. The highest BCUT2D eigenvalue weighted by Crippen LogP contribution is 2.48. The zero-order valence-corrected chi connectivity index (χ0v) is 42.4. The predicted octanol–water partition coefficient (Wildman–Crippen LogP) is 18.5. The van der Waals surface area contributed by atoms with E-state index < -0.39 is 23.3 Å². The second kappa shape index (κ2) is 28.8. The molecular weight excluding hydrogens is 845 g/mol. The lowest BCUT2D eigenvalue weighted by molar-refractivity contribution is 0.152. The molecule has 0 radical (unpaired) electrons. The lowest BCUT2D eigenvalue weighted by Crippen LogP contribution is -2.26. The summed E-state index contributed by atoms with van der Waals surface area (Å²) < 4.78 is 81.2. The summed E-state index contributed by atoms with van der Waals surface area (Å²) in [7, 11) is 0. The lowest BCUT2D eigenvalue weighted by atomic mass is 9.67. The zero-order valence-electron chi connectivity index (χ0n) is 42.4. The molecule has 0 saturated heterocycles. The number of allylic oxidation sites excluding steroid dienone is 2. The van der Waals surface area contributed by atoms with Gasteiger partial charge in [0.1, 0.15) is 0 Å². The third-order valence-corrected chi connectivity index (χ3v) is 17.0. The molecule has 6 rings (SSSR count). The topological polar surface area (TPSA) is 27.7 Å². The summed E-state index contributed by atoms with van der Waals surface area (Å²) in [5.41, 5.74) is 2.19. The summed E-state index contributed by atoms with van der Waals surface area (Å²) >= 11 is 0. The van der Waals surface area contributed by atoms with Gasteiger partial charge in [0, 0.05) is 11.1 Å². The fourth-order valence-electron chi connectivity index (χ4n) is 12.8. The Hall–Kier alpha value is -2.80. The molecule has 4 aliphatic rings. The van der Waals surface area contributed by atoms with Crippen LogP contribution in [0.4, 0.5) is 17.6 Å². The number of hydrogen-bond donors (Lipinski definition) is 0. The third kappa shape index (κ3) is 15.6. The van der Waals surface area contributed by atoms with Crippen LogP contribution in [0.5, 0.6) is 11.5 Å². The van der Waals surface area contributed by atoms with Crippen molar-refractivity contribution in [3.63, 3.8) is 0 Å². The minimum atomic E-state index is -0.932. The van der Waals surface area contributed by atoms with Crippen LogP contribution < -0.4 is 9.47 Å². The van der Waals surface area contributed by atoms with Crippen molar-refractivity contribution in [2.45, 2.75) is 207 Å². The van der Waals surface area contributed by atoms with Gasteiger partial charge in [0.2, 0.25) is 11.6 Å². The molecule has 0 N–H and O–H groups in total. The van der Waals surface area contributed by atoms with Crippen LogP contribution in [-0.4, -0.2) is 26.4 Å². The molecule has 0 amide bonds. The molecule has 4 fully saturated rings. The predicted molar refractivity (Wildman–Crippen MR) is 270 cm³/mol. The monoisotopic (exact) mass is 935 g/mol. The van der Waals surface area contributed by atoms with Gasteiger partial charge in [-0.05, 0) is 173 Å². The van der Waals surface area contributed by atoms with E-state index in [1.807, 2.05) is 26.0 Å². The van der Waals surface area contributed by atoms with Crippen molar-refractivity contribution < 1.29 is 31.8 Å². The van der Waals surface area contributed by atoms with E-state index in [2.05, 4.69) is 13.8 Å². The quantitative estimate of drug-likeness (QED) is 0.0695. The lowest BCUT2D eigenvalue weighted by Gasteiger charge is -2.38. The Balaban J connectivity index is 1.15. The van der Waals surface area contributed by atoms with E-state index in [1.54, 1.807) is 24.3 Å². The van der Waals surface area contributed by atoms with Crippen molar-refractivity contribution in [2.24, 2.45) is 47.3 Å². The fraction of sp³-hybridized carbons (Fsp3) is 0.733. The maximum Gasteiger partial charge on any atom is 0.201 e. The van der Waals surface area contributed by atoms with E-state index in [1.165, 1.54) is 103 Å². The minimum absolute atomic E-state index is 0.0413. The average molecular weight is 935 g/mol. The van der Waals surface area contributed by atoms with Crippen LogP contribution in [0.25, 0.3) is 11.1 Å². The smallest absolute Gasteiger partial charge is 0.201 e. The molecule has 2 aromatic rings. The first-order valence-corrected chi connectivity index (χ1v) is 28.0. The van der Waals surface area contributed by atoms with Gasteiger partial charge in [-0.15, -0.1) is 0 Å². The van der Waals surface area contributed by atoms with Gasteiger partial charge in [0.25, 0.3) is 0 Å². The van der Waals surface area contributed by atoms with Crippen LogP contribution in [0, 0.1) is 70.6 Å². The number of benzene rings is 2. The molecule has 0 aliphatic heterocycles.